The monoisotopic (exact) mass is 394 g/mol. The molecule has 1 N–H and O–H groups in total. The minimum atomic E-state index is -0.236. The molecule has 0 saturated carbocycles. The summed E-state index contributed by atoms with van der Waals surface area (Å²) in [5.74, 6) is 0.377. The van der Waals surface area contributed by atoms with Crippen LogP contribution in [-0.2, 0) is 6.42 Å². The molecular weight excluding hydrogens is 380 g/mol. The first kappa shape index (κ1) is 15.8. The Labute approximate surface area is 153 Å². The number of para-hydroxylation sites is 2. The standard InChI is InChI=1S/C19H15BrN4O/c20-15-6-2-3-7-16(15)23-18(25)14-11-21-19(22-12-14)24-10-9-13-5-1-4-8-17(13)24/h1-8,11-12H,9-10H2,(H,23,25). The molecule has 3 aromatic rings. The van der Waals surface area contributed by atoms with Gasteiger partial charge in [0.1, 0.15) is 0 Å². The predicted octanol–water partition coefficient (Wildman–Crippen LogP) is 4.19. The van der Waals surface area contributed by atoms with Gasteiger partial charge in [0, 0.05) is 29.1 Å². The fraction of sp³-hybridized carbons (Fsp3) is 0.105. The average Bonchev–Trinajstić information content (AvgIpc) is 3.08. The van der Waals surface area contributed by atoms with Gasteiger partial charge in [0.25, 0.3) is 5.91 Å². The number of rotatable bonds is 3. The largest absolute Gasteiger partial charge is 0.321 e. The highest BCUT2D eigenvalue weighted by molar-refractivity contribution is 9.10. The number of nitrogens with one attached hydrogen (secondary N) is 1. The highest BCUT2D eigenvalue weighted by Crippen LogP contribution is 2.32. The molecule has 2 aromatic carbocycles. The first-order chi connectivity index (χ1) is 12.2. The highest BCUT2D eigenvalue weighted by atomic mass is 79.9. The summed E-state index contributed by atoms with van der Waals surface area (Å²) in [7, 11) is 0. The van der Waals surface area contributed by atoms with Crippen LogP contribution >= 0.6 is 15.9 Å². The van der Waals surface area contributed by atoms with Gasteiger partial charge < -0.3 is 10.2 Å². The van der Waals surface area contributed by atoms with E-state index in [2.05, 4.69) is 48.2 Å². The number of amides is 1. The summed E-state index contributed by atoms with van der Waals surface area (Å²) in [5, 5.41) is 2.85. The molecule has 0 saturated heterocycles. The Hall–Kier alpha value is -2.73. The topological polar surface area (TPSA) is 58.1 Å². The molecule has 1 amide bonds. The van der Waals surface area contributed by atoms with E-state index in [-0.39, 0.29) is 5.91 Å². The molecule has 5 nitrogen and oxygen atoms in total. The zero-order chi connectivity index (χ0) is 17.2. The minimum absolute atomic E-state index is 0.236. The summed E-state index contributed by atoms with van der Waals surface area (Å²) in [5.41, 5.74) is 3.56. The Morgan fingerprint density at radius 1 is 1.04 bits per heavy atom. The summed E-state index contributed by atoms with van der Waals surface area (Å²) in [6.07, 6.45) is 4.11. The summed E-state index contributed by atoms with van der Waals surface area (Å²) in [6.45, 7) is 0.849. The van der Waals surface area contributed by atoms with Gasteiger partial charge in [-0.25, -0.2) is 9.97 Å². The number of anilines is 3. The molecule has 0 radical (unpaired) electrons. The molecule has 0 bridgehead atoms. The smallest absolute Gasteiger partial charge is 0.258 e. The van der Waals surface area contributed by atoms with Crippen molar-refractivity contribution in [3.05, 3.63) is 76.5 Å². The molecular formula is C19H15BrN4O. The quantitative estimate of drug-likeness (QED) is 0.723. The Balaban J connectivity index is 1.53. The molecule has 0 unspecified atom stereocenters. The molecule has 25 heavy (non-hydrogen) atoms. The van der Waals surface area contributed by atoms with E-state index in [9.17, 15) is 4.79 Å². The zero-order valence-corrected chi connectivity index (χ0v) is 14.9. The number of benzene rings is 2. The number of fused-ring (bicyclic) bond motifs is 1. The lowest BCUT2D eigenvalue weighted by Gasteiger charge is -2.17. The average molecular weight is 395 g/mol. The number of halogens is 1. The predicted molar refractivity (Wildman–Crippen MR) is 101 cm³/mol. The molecule has 0 fully saturated rings. The summed E-state index contributed by atoms with van der Waals surface area (Å²) >= 11 is 3.42. The molecule has 0 aliphatic carbocycles. The third kappa shape index (κ3) is 3.13. The number of hydrogen-bond donors (Lipinski definition) is 1. The fourth-order valence-corrected chi connectivity index (χ4v) is 3.26. The van der Waals surface area contributed by atoms with Gasteiger partial charge >= 0.3 is 0 Å². The number of carbonyl (C=O) groups is 1. The second-order valence-electron chi connectivity index (χ2n) is 5.74. The van der Waals surface area contributed by atoms with Gasteiger partial charge in [-0.3, -0.25) is 4.79 Å². The molecule has 1 aliphatic rings. The van der Waals surface area contributed by atoms with Crippen LogP contribution in [0.3, 0.4) is 0 Å². The Morgan fingerprint density at radius 2 is 1.76 bits per heavy atom. The van der Waals surface area contributed by atoms with E-state index in [1.165, 1.54) is 5.56 Å². The number of hydrogen-bond acceptors (Lipinski definition) is 4. The summed E-state index contributed by atoms with van der Waals surface area (Å²) < 4.78 is 0.828. The van der Waals surface area contributed by atoms with Gasteiger partial charge in [0.2, 0.25) is 5.95 Å². The van der Waals surface area contributed by atoms with E-state index in [0.717, 1.165) is 23.1 Å². The Bertz CT molecular complexity index is 927. The molecule has 6 heteroatoms. The van der Waals surface area contributed by atoms with Crippen LogP contribution in [0.1, 0.15) is 15.9 Å². The maximum atomic E-state index is 12.4. The van der Waals surface area contributed by atoms with Crippen LogP contribution in [0.15, 0.2) is 65.4 Å². The van der Waals surface area contributed by atoms with E-state index in [0.29, 0.717) is 17.2 Å². The van der Waals surface area contributed by atoms with Crippen molar-refractivity contribution in [2.24, 2.45) is 0 Å². The maximum Gasteiger partial charge on any atom is 0.258 e. The fourth-order valence-electron chi connectivity index (χ4n) is 2.88. The minimum Gasteiger partial charge on any atom is -0.321 e. The van der Waals surface area contributed by atoms with Crippen LogP contribution in [-0.4, -0.2) is 22.4 Å². The molecule has 0 spiro atoms. The van der Waals surface area contributed by atoms with Crippen molar-refractivity contribution in [3.8, 4) is 0 Å². The van der Waals surface area contributed by atoms with Crippen LogP contribution in [0, 0.1) is 0 Å². The van der Waals surface area contributed by atoms with Gasteiger partial charge in [-0.1, -0.05) is 30.3 Å². The lowest BCUT2D eigenvalue weighted by molar-refractivity contribution is 0.102. The van der Waals surface area contributed by atoms with Crippen LogP contribution in [0.2, 0.25) is 0 Å². The van der Waals surface area contributed by atoms with Gasteiger partial charge in [0.15, 0.2) is 0 Å². The van der Waals surface area contributed by atoms with Gasteiger partial charge in [0.05, 0.1) is 11.3 Å². The Morgan fingerprint density at radius 3 is 2.56 bits per heavy atom. The number of nitrogens with zero attached hydrogens (tertiary/aromatic N) is 3. The first-order valence-electron chi connectivity index (χ1n) is 7.96. The zero-order valence-electron chi connectivity index (χ0n) is 13.3. The SMILES string of the molecule is O=C(Nc1ccccc1Br)c1cnc(N2CCc3ccccc32)nc1. The normalized spacial score (nSPS) is 12.8. The van der Waals surface area contributed by atoms with E-state index < -0.39 is 0 Å². The second-order valence-corrected chi connectivity index (χ2v) is 6.59. The highest BCUT2D eigenvalue weighted by Gasteiger charge is 2.22. The van der Waals surface area contributed by atoms with E-state index in [1.807, 2.05) is 36.4 Å². The van der Waals surface area contributed by atoms with Crippen LogP contribution in [0.5, 0.6) is 0 Å². The van der Waals surface area contributed by atoms with E-state index in [1.54, 1.807) is 12.4 Å². The molecule has 2 heterocycles. The van der Waals surface area contributed by atoms with Crippen LogP contribution < -0.4 is 10.2 Å². The lowest BCUT2D eigenvalue weighted by atomic mass is 10.2. The lowest BCUT2D eigenvalue weighted by Crippen LogP contribution is -2.18. The molecule has 1 aromatic heterocycles. The molecule has 0 atom stereocenters. The molecule has 4 rings (SSSR count). The van der Waals surface area contributed by atoms with E-state index >= 15 is 0 Å². The molecule has 1 aliphatic heterocycles. The van der Waals surface area contributed by atoms with Crippen LogP contribution in [0.4, 0.5) is 17.3 Å². The number of carbonyl (C=O) groups excluding carboxylic acids is 1. The first-order valence-corrected chi connectivity index (χ1v) is 8.75. The van der Waals surface area contributed by atoms with Crippen molar-refractivity contribution < 1.29 is 4.79 Å². The Kier molecular flexibility index (Phi) is 4.19. The maximum absolute atomic E-state index is 12.4. The van der Waals surface area contributed by atoms with Crippen molar-refractivity contribution in [2.75, 3.05) is 16.8 Å². The van der Waals surface area contributed by atoms with Crippen molar-refractivity contribution >= 4 is 39.2 Å². The van der Waals surface area contributed by atoms with Crippen molar-refractivity contribution in [3.63, 3.8) is 0 Å². The molecule has 124 valence electrons. The van der Waals surface area contributed by atoms with Gasteiger partial charge in [-0.2, -0.15) is 0 Å². The third-order valence-electron chi connectivity index (χ3n) is 4.15. The van der Waals surface area contributed by atoms with Gasteiger partial charge in [-0.15, -0.1) is 0 Å². The van der Waals surface area contributed by atoms with Crippen LogP contribution in [0.25, 0.3) is 0 Å². The van der Waals surface area contributed by atoms with Crippen molar-refractivity contribution in [1.82, 2.24) is 9.97 Å². The summed E-state index contributed by atoms with van der Waals surface area (Å²) in [6, 6.07) is 15.7. The second kappa shape index (κ2) is 6.64. The summed E-state index contributed by atoms with van der Waals surface area (Å²) in [4.78, 5) is 23.2. The van der Waals surface area contributed by atoms with Gasteiger partial charge in [-0.05, 0) is 46.1 Å². The third-order valence-corrected chi connectivity index (χ3v) is 4.84. The van der Waals surface area contributed by atoms with E-state index in [4.69, 9.17) is 0 Å². The number of aromatic nitrogens is 2. The van der Waals surface area contributed by atoms with Crippen molar-refractivity contribution in [1.29, 1.82) is 0 Å². The van der Waals surface area contributed by atoms with Crippen molar-refractivity contribution in [2.45, 2.75) is 6.42 Å².